The lowest BCUT2D eigenvalue weighted by Crippen LogP contribution is -2.09. The molecule has 0 aliphatic rings. The molecule has 3 aromatic rings. The van der Waals surface area contributed by atoms with E-state index in [-0.39, 0.29) is 11.7 Å². The molecule has 3 aromatic carbocycles. The van der Waals surface area contributed by atoms with E-state index in [2.05, 4.69) is 24.3 Å². The highest BCUT2D eigenvalue weighted by atomic mass is 16.5. The third-order valence-corrected chi connectivity index (χ3v) is 4.19. The minimum absolute atomic E-state index is 0.0473. The number of ketones is 1. The summed E-state index contributed by atoms with van der Waals surface area (Å²) in [7, 11) is 1.61. The quantitative estimate of drug-likeness (QED) is 0.591. The molecule has 0 saturated carbocycles. The van der Waals surface area contributed by atoms with E-state index in [4.69, 9.17) is 4.74 Å². The number of methoxy groups -OCH3 is 1. The molecule has 0 amide bonds. The van der Waals surface area contributed by atoms with Crippen LogP contribution in [0.1, 0.15) is 33.8 Å². The Bertz CT molecular complexity index is 755. The van der Waals surface area contributed by atoms with Gasteiger partial charge in [-0.25, -0.2) is 0 Å². The predicted molar refractivity (Wildman–Crippen MR) is 96.7 cm³/mol. The zero-order chi connectivity index (χ0) is 16.8. The topological polar surface area (TPSA) is 26.3 Å². The van der Waals surface area contributed by atoms with Crippen LogP contribution in [0.4, 0.5) is 0 Å². The molecule has 0 unspecified atom stereocenters. The van der Waals surface area contributed by atoms with Crippen LogP contribution in [0.15, 0.2) is 84.9 Å². The second-order valence-corrected chi connectivity index (χ2v) is 5.73. The van der Waals surface area contributed by atoms with Crippen molar-refractivity contribution in [3.63, 3.8) is 0 Å². The Morgan fingerprint density at radius 2 is 1.42 bits per heavy atom. The minimum atomic E-state index is 0.0473. The van der Waals surface area contributed by atoms with Crippen molar-refractivity contribution in [3.8, 4) is 5.75 Å². The van der Waals surface area contributed by atoms with Gasteiger partial charge in [0, 0.05) is 17.9 Å². The zero-order valence-corrected chi connectivity index (χ0v) is 13.7. The van der Waals surface area contributed by atoms with Gasteiger partial charge in [0.15, 0.2) is 5.78 Å². The van der Waals surface area contributed by atoms with E-state index >= 15 is 0 Å². The van der Waals surface area contributed by atoms with Crippen LogP contribution in [-0.4, -0.2) is 12.9 Å². The molecule has 0 saturated heterocycles. The molecule has 0 radical (unpaired) electrons. The number of hydrogen-bond acceptors (Lipinski definition) is 2. The van der Waals surface area contributed by atoms with Crippen LogP contribution in [0.3, 0.4) is 0 Å². The molecular formula is C22H20O2. The third kappa shape index (κ3) is 3.72. The molecule has 2 heteroatoms. The molecule has 0 atom stereocenters. The Labute approximate surface area is 142 Å². The first kappa shape index (κ1) is 16.0. The fraction of sp³-hybridized carbons (Fsp3) is 0.136. The predicted octanol–water partition coefficient (Wildman–Crippen LogP) is 5.10. The van der Waals surface area contributed by atoms with Crippen molar-refractivity contribution in [1.29, 1.82) is 0 Å². The lowest BCUT2D eigenvalue weighted by Gasteiger charge is -2.17. The molecule has 0 heterocycles. The number of carbonyl (C=O) groups is 1. The Morgan fingerprint density at radius 3 is 1.96 bits per heavy atom. The minimum Gasteiger partial charge on any atom is -0.497 e. The number of carbonyl (C=O) groups excluding carboxylic acids is 1. The molecule has 0 fully saturated rings. The van der Waals surface area contributed by atoms with Crippen LogP contribution in [0.5, 0.6) is 5.75 Å². The summed E-state index contributed by atoms with van der Waals surface area (Å²) in [5.74, 6) is 0.870. The second kappa shape index (κ2) is 7.60. The second-order valence-electron chi connectivity index (χ2n) is 5.73. The Kier molecular flexibility index (Phi) is 5.07. The number of hydrogen-bond donors (Lipinski definition) is 0. The Morgan fingerprint density at radius 1 is 0.833 bits per heavy atom. The van der Waals surface area contributed by atoms with Crippen LogP contribution >= 0.6 is 0 Å². The van der Waals surface area contributed by atoms with E-state index in [1.807, 2.05) is 54.6 Å². The van der Waals surface area contributed by atoms with Gasteiger partial charge in [-0.3, -0.25) is 4.79 Å². The van der Waals surface area contributed by atoms with Gasteiger partial charge in [-0.1, -0.05) is 72.8 Å². The molecule has 0 aromatic heterocycles. The van der Waals surface area contributed by atoms with Gasteiger partial charge < -0.3 is 4.74 Å². The molecule has 0 aliphatic heterocycles. The highest BCUT2D eigenvalue weighted by Gasteiger charge is 2.19. The summed E-state index contributed by atoms with van der Waals surface area (Å²) in [5.41, 5.74) is 2.99. The average Bonchev–Trinajstić information content (AvgIpc) is 2.67. The summed E-state index contributed by atoms with van der Waals surface area (Å²) >= 11 is 0. The molecule has 0 spiro atoms. The summed E-state index contributed by atoms with van der Waals surface area (Å²) in [6.07, 6.45) is 0.432. The number of rotatable bonds is 6. The number of Topliss-reactive ketones (excluding diaryl/α,β-unsaturated/α-hetero) is 1. The van der Waals surface area contributed by atoms with Crippen molar-refractivity contribution < 1.29 is 9.53 Å². The van der Waals surface area contributed by atoms with Gasteiger partial charge in [0.05, 0.1) is 7.11 Å². The van der Waals surface area contributed by atoms with Gasteiger partial charge in [-0.05, 0) is 23.3 Å². The maximum atomic E-state index is 12.8. The van der Waals surface area contributed by atoms with Gasteiger partial charge in [-0.15, -0.1) is 0 Å². The van der Waals surface area contributed by atoms with E-state index in [9.17, 15) is 4.79 Å². The number of ether oxygens (including phenoxy) is 1. The molecule has 120 valence electrons. The molecule has 3 rings (SSSR count). The first-order valence-corrected chi connectivity index (χ1v) is 8.05. The van der Waals surface area contributed by atoms with E-state index in [1.165, 1.54) is 0 Å². The average molecular weight is 316 g/mol. The lowest BCUT2D eigenvalue weighted by molar-refractivity contribution is 0.0977. The highest BCUT2D eigenvalue weighted by Crippen LogP contribution is 2.29. The summed E-state index contributed by atoms with van der Waals surface area (Å²) in [5, 5.41) is 0. The zero-order valence-electron chi connectivity index (χ0n) is 13.7. The smallest absolute Gasteiger partial charge is 0.163 e. The van der Waals surface area contributed by atoms with Crippen LogP contribution in [0.25, 0.3) is 0 Å². The van der Waals surface area contributed by atoms with Crippen LogP contribution in [0.2, 0.25) is 0 Å². The number of benzene rings is 3. The van der Waals surface area contributed by atoms with Crippen molar-refractivity contribution in [2.75, 3.05) is 7.11 Å². The van der Waals surface area contributed by atoms with Gasteiger partial charge in [0.2, 0.25) is 0 Å². The van der Waals surface area contributed by atoms with Gasteiger partial charge in [0.25, 0.3) is 0 Å². The highest BCUT2D eigenvalue weighted by molar-refractivity contribution is 5.97. The maximum Gasteiger partial charge on any atom is 0.163 e. The van der Waals surface area contributed by atoms with Crippen LogP contribution in [0, 0.1) is 0 Å². The fourth-order valence-electron chi connectivity index (χ4n) is 2.90. The van der Waals surface area contributed by atoms with Crippen molar-refractivity contribution in [1.82, 2.24) is 0 Å². The fourth-order valence-corrected chi connectivity index (χ4v) is 2.90. The van der Waals surface area contributed by atoms with Crippen LogP contribution < -0.4 is 4.74 Å². The van der Waals surface area contributed by atoms with E-state index in [1.54, 1.807) is 13.2 Å². The summed E-state index contributed by atoms with van der Waals surface area (Å²) < 4.78 is 5.23. The molecular weight excluding hydrogens is 296 g/mol. The maximum absolute atomic E-state index is 12.8. The monoisotopic (exact) mass is 316 g/mol. The molecule has 0 aliphatic carbocycles. The standard InChI is InChI=1S/C22H20O2/c1-24-20-14-8-13-19(15-20)22(23)16-21(17-9-4-2-5-10-17)18-11-6-3-7-12-18/h2-15,21H,16H2,1H3. The Hall–Kier alpha value is -2.87. The normalized spacial score (nSPS) is 10.6. The first-order valence-electron chi connectivity index (χ1n) is 8.05. The molecule has 2 nitrogen and oxygen atoms in total. The summed E-state index contributed by atoms with van der Waals surface area (Å²) in [4.78, 5) is 12.8. The Balaban J connectivity index is 1.91. The van der Waals surface area contributed by atoms with Gasteiger partial charge in [0.1, 0.15) is 5.75 Å². The van der Waals surface area contributed by atoms with Crippen molar-refractivity contribution in [2.24, 2.45) is 0 Å². The summed E-state index contributed by atoms with van der Waals surface area (Å²) in [6.45, 7) is 0. The van der Waals surface area contributed by atoms with E-state index in [0.29, 0.717) is 17.7 Å². The molecule has 0 bridgehead atoms. The SMILES string of the molecule is COc1cccc(C(=O)CC(c2ccccc2)c2ccccc2)c1. The van der Waals surface area contributed by atoms with Crippen molar-refractivity contribution in [3.05, 3.63) is 102 Å². The third-order valence-electron chi connectivity index (χ3n) is 4.19. The lowest BCUT2D eigenvalue weighted by atomic mass is 9.86. The van der Waals surface area contributed by atoms with E-state index in [0.717, 1.165) is 11.1 Å². The van der Waals surface area contributed by atoms with Crippen molar-refractivity contribution in [2.45, 2.75) is 12.3 Å². The van der Waals surface area contributed by atoms with E-state index < -0.39 is 0 Å². The largest absolute Gasteiger partial charge is 0.497 e. The van der Waals surface area contributed by atoms with Gasteiger partial charge in [-0.2, -0.15) is 0 Å². The molecule has 0 N–H and O–H groups in total. The molecule has 24 heavy (non-hydrogen) atoms. The van der Waals surface area contributed by atoms with Gasteiger partial charge >= 0.3 is 0 Å². The van der Waals surface area contributed by atoms with Crippen molar-refractivity contribution >= 4 is 5.78 Å². The summed E-state index contributed by atoms with van der Waals surface area (Å²) in [6, 6.07) is 27.7. The first-order chi connectivity index (χ1) is 11.8. The van der Waals surface area contributed by atoms with Crippen LogP contribution in [-0.2, 0) is 0 Å².